The lowest BCUT2D eigenvalue weighted by molar-refractivity contribution is 0.0746. The number of hydrogen-bond acceptors (Lipinski definition) is 3. The van der Waals surface area contributed by atoms with Gasteiger partial charge in [0.05, 0.1) is 10.5 Å². The van der Waals surface area contributed by atoms with E-state index < -0.39 is 0 Å². The van der Waals surface area contributed by atoms with Gasteiger partial charge in [-0.15, -0.1) is 0 Å². The Balaban J connectivity index is 1.86. The molecule has 3 heterocycles. The highest BCUT2D eigenvalue weighted by atomic mass is 35.5. The topological polar surface area (TPSA) is 50.5 Å². The monoisotopic (exact) mass is 314 g/mol. The van der Waals surface area contributed by atoms with Crippen molar-refractivity contribution in [3.8, 4) is 0 Å². The van der Waals surface area contributed by atoms with Crippen molar-refractivity contribution in [2.75, 3.05) is 6.54 Å². The summed E-state index contributed by atoms with van der Waals surface area (Å²) in [5.74, 6) is -0.0980. The molecule has 3 aromatic rings. The first-order valence-corrected chi connectivity index (χ1v) is 7.38. The van der Waals surface area contributed by atoms with E-state index in [0.717, 1.165) is 11.1 Å². The molecule has 22 heavy (non-hydrogen) atoms. The third kappa shape index (κ3) is 2.94. The average molecular weight is 315 g/mol. The summed E-state index contributed by atoms with van der Waals surface area (Å²) in [6.45, 7) is 3.09. The molecular formula is C16H15ClN4O. The molecule has 0 aliphatic heterocycles. The number of carbonyl (C=O) groups is 1. The van der Waals surface area contributed by atoms with Crippen molar-refractivity contribution < 1.29 is 4.79 Å². The minimum absolute atomic E-state index is 0.0980. The summed E-state index contributed by atoms with van der Waals surface area (Å²) in [5.41, 5.74) is 2.29. The zero-order valence-electron chi connectivity index (χ0n) is 12.1. The fourth-order valence-electron chi connectivity index (χ4n) is 2.26. The van der Waals surface area contributed by atoms with Gasteiger partial charge < -0.3 is 4.90 Å². The van der Waals surface area contributed by atoms with Gasteiger partial charge in [-0.2, -0.15) is 5.10 Å². The number of hydrogen-bond donors (Lipinski definition) is 0. The van der Waals surface area contributed by atoms with Crippen LogP contribution in [-0.2, 0) is 6.54 Å². The van der Waals surface area contributed by atoms with Gasteiger partial charge in [-0.25, -0.2) is 4.52 Å². The lowest BCUT2D eigenvalue weighted by Crippen LogP contribution is -2.30. The maximum absolute atomic E-state index is 12.6. The molecule has 3 rings (SSSR count). The van der Waals surface area contributed by atoms with E-state index in [0.29, 0.717) is 23.8 Å². The smallest absolute Gasteiger partial charge is 0.274 e. The third-order valence-corrected chi connectivity index (χ3v) is 3.66. The van der Waals surface area contributed by atoms with E-state index in [4.69, 9.17) is 11.6 Å². The van der Waals surface area contributed by atoms with Gasteiger partial charge in [0.2, 0.25) is 0 Å². The lowest BCUT2D eigenvalue weighted by atomic mass is 10.2. The van der Waals surface area contributed by atoms with Crippen molar-refractivity contribution in [3.05, 3.63) is 65.2 Å². The summed E-state index contributed by atoms with van der Waals surface area (Å²) in [7, 11) is 0. The minimum atomic E-state index is -0.0980. The Hall–Kier alpha value is -2.40. The Bertz CT molecular complexity index is 800. The molecule has 0 aliphatic carbocycles. The first-order valence-electron chi connectivity index (χ1n) is 7.00. The second kappa shape index (κ2) is 6.15. The van der Waals surface area contributed by atoms with Crippen molar-refractivity contribution in [3.63, 3.8) is 0 Å². The molecule has 5 nitrogen and oxygen atoms in total. The fourth-order valence-corrected chi connectivity index (χ4v) is 2.42. The number of aromatic nitrogens is 3. The Morgan fingerprint density at radius 1 is 1.27 bits per heavy atom. The molecule has 0 radical (unpaired) electrons. The number of rotatable bonds is 4. The maximum atomic E-state index is 12.6. The van der Waals surface area contributed by atoms with Gasteiger partial charge >= 0.3 is 0 Å². The highest BCUT2D eigenvalue weighted by Crippen LogP contribution is 2.14. The van der Waals surface area contributed by atoms with E-state index in [1.54, 1.807) is 40.1 Å². The number of fused-ring (bicyclic) bond motifs is 1. The van der Waals surface area contributed by atoms with Crippen molar-refractivity contribution in [1.82, 2.24) is 19.5 Å². The predicted octanol–water partition coefficient (Wildman–Crippen LogP) is 3.05. The van der Waals surface area contributed by atoms with E-state index in [9.17, 15) is 4.79 Å². The van der Waals surface area contributed by atoms with E-state index in [1.807, 2.05) is 25.1 Å². The van der Waals surface area contributed by atoms with Gasteiger partial charge in [0.1, 0.15) is 0 Å². The second-order valence-electron chi connectivity index (χ2n) is 4.92. The summed E-state index contributed by atoms with van der Waals surface area (Å²) >= 11 is 5.94. The fraction of sp³-hybridized carbons (Fsp3) is 0.188. The number of pyridine rings is 2. The van der Waals surface area contributed by atoms with Crippen LogP contribution in [0, 0.1) is 0 Å². The highest BCUT2D eigenvalue weighted by molar-refractivity contribution is 6.30. The van der Waals surface area contributed by atoms with E-state index in [2.05, 4.69) is 10.1 Å². The second-order valence-corrected chi connectivity index (χ2v) is 5.36. The molecule has 0 aliphatic rings. The van der Waals surface area contributed by atoms with Gasteiger partial charge in [0, 0.05) is 31.7 Å². The summed E-state index contributed by atoms with van der Waals surface area (Å²) < 4.78 is 1.62. The van der Waals surface area contributed by atoms with Crippen LogP contribution in [0.4, 0.5) is 0 Å². The van der Waals surface area contributed by atoms with E-state index >= 15 is 0 Å². The predicted molar refractivity (Wildman–Crippen MR) is 84.9 cm³/mol. The van der Waals surface area contributed by atoms with Gasteiger partial charge in [0.15, 0.2) is 5.69 Å². The van der Waals surface area contributed by atoms with Crippen LogP contribution in [0.1, 0.15) is 23.0 Å². The molecule has 0 saturated carbocycles. The van der Waals surface area contributed by atoms with Crippen LogP contribution < -0.4 is 0 Å². The number of carbonyl (C=O) groups excluding carboxylic acids is 1. The Morgan fingerprint density at radius 3 is 2.77 bits per heavy atom. The Morgan fingerprint density at radius 2 is 2.05 bits per heavy atom. The molecule has 0 spiro atoms. The molecule has 3 aromatic heterocycles. The molecule has 0 atom stereocenters. The molecule has 0 N–H and O–H groups in total. The lowest BCUT2D eigenvalue weighted by Gasteiger charge is -2.19. The summed E-state index contributed by atoms with van der Waals surface area (Å²) in [6.07, 6.45) is 5.13. The van der Waals surface area contributed by atoms with Gasteiger partial charge in [-0.1, -0.05) is 11.6 Å². The van der Waals surface area contributed by atoms with Crippen LogP contribution in [0.25, 0.3) is 5.52 Å². The van der Waals surface area contributed by atoms with Crippen LogP contribution in [0.5, 0.6) is 0 Å². The van der Waals surface area contributed by atoms with Crippen molar-refractivity contribution >= 4 is 23.0 Å². The zero-order chi connectivity index (χ0) is 15.5. The molecular weight excluding hydrogens is 300 g/mol. The van der Waals surface area contributed by atoms with Crippen molar-refractivity contribution in [2.24, 2.45) is 0 Å². The van der Waals surface area contributed by atoms with Gasteiger partial charge in [-0.3, -0.25) is 9.78 Å². The SMILES string of the molecule is CCN(Cc1ccncc1)C(=O)c1cc2ccc(Cl)cn2n1. The zero-order valence-corrected chi connectivity index (χ0v) is 12.9. The minimum Gasteiger partial charge on any atom is -0.333 e. The molecule has 0 aromatic carbocycles. The van der Waals surface area contributed by atoms with Crippen LogP contribution in [0.3, 0.4) is 0 Å². The van der Waals surface area contributed by atoms with Crippen LogP contribution >= 0.6 is 11.6 Å². The van der Waals surface area contributed by atoms with Gasteiger partial charge in [-0.05, 0) is 42.8 Å². The van der Waals surface area contributed by atoms with E-state index in [-0.39, 0.29) is 5.91 Å². The molecule has 0 unspecified atom stereocenters. The number of nitrogens with zero attached hydrogens (tertiary/aromatic N) is 4. The van der Waals surface area contributed by atoms with E-state index in [1.165, 1.54) is 0 Å². The van der Waals surface area contributed by atoms with Gasteiger partial charge in [0.25, 0.3) is 5.91 Å². The van der Waals surface area contributed by atoms with Crippen LogP contribution in [0.2, 0.25) is 5.02 Å². The number of halogens is 1. The Kier molecular flexibility index (Phi) is 4.06. The standard InChI is InChI=1S/C16H15ClN4O/c1-2-20(10-12-5-7-18-8-6-12)16(22)15-9-14-4-3-13(17)11-21(14)19-15/h3-9,11H,2,10H2,1H3. The quantitative estimate of drug-likeness (QED) is 0.743. The number of amides is 1. The third-order valence-electron chi connectivity index (χ3n) is 3.43. The largest absolute Gasteiger partial charge is 0.333 e. The maximum Gasteiger partial charge on any atom is 0.274 e. The Labute approximate surface area is 133 Å². The highest BCUT2D eigenvalue weighted by Gasteiger charge is 2.18. The molecule has 0 fully saturated rings. The first kappa shape index (κ1) is 14.5. The molecule has 1 amide bonds. The van der Waals surface area contributed by atoms with Crippen LogP contribution in [-0.4, -0.2) is 31.9 Å². The summed E-state index contributed by atoms with van der Waals surface area (Å²) in [6, 6.07) is 9.19. The molecule has 0 bridgehead atoms. The average Bonchev–Trinajstić information content (AvgIpc) is 2.96. The first-order chi connectivity index (χ1) is 10.7. The van der Waals surface area contributed by atoms with Crippen LogP contribution in [0.15, 0.2) is 48.9 Å². The molecule has 0 saturated heterocycles. The van der Waals surface area contributed by atoms with Crippen molar-refractivity contribution in [2.45, 2.75) is 13.5 Å². The van der Waals surface area contributed by atoms with Crippen molar-refractivity contribution in [1.29, 1.82) is 0 Å². The normalized spacial score (nSPS) is 10.8. The summed E-state index contributed by atoms with van der Waals surface area (Å²) in [4.78, 5) is 18.4. The summed E-state index contributed by atoms with van der Waals surface area (Å²) in [5, 5.41) is 4.89. The molecule has 6 heteroatoms. The molecule has 112 valence electrons.